The molecule has 0 heterocycles. The van der Waals surface area contributed by atoms with E-state index in [4.69, 9.17) is 14.2 Å². The molecule has 1 atom stereocenters. The van der Waals surface area contributed by atoms with Gasteiger partial charge in [-0.05, 0) is 103 Å². The first-order valence-corrected chi connectivity index (χ1v) is 27.3. The molecule has 0 aliphatic heterocycles. The highest BCUT2D eigenvalue weighted by Gasteiger charge is 2.19. The maximum absolute atomic E-state index is 12.8. The molecule has 370 valence electrons. The second-order valence-electron chi connectivity index (χ2n) is 18.1. The van der Waals surface area contributed by atoms with Crippen LogP contribution in [-0.2, 0) is 28.6 Å². The highest BCUT2D eigenvalue weighted by Crippen LogP contribution is 2.15. The molecule has 0 N–H and O–H groups in total. The molecular weight excluding hydrogens is 793 g/mol. The number of carbonyl (C=O) groups is 3. The highest BCUT2D eigenvalue weighted by molar-refractivity contribution is 5.71. The molecule has 0 aromatic rings. The normalized spacial score (nSPS) is 12.5. The zero-order valence-electron chi connectivity index (χ0n) is 42.3. The molecule has 0 aliphatic rings. The predicted molar refractivity (Wildman–Crippen MR) is 275 cm³/mol. The molecule has 64 heavy (non-hydrogen) atoms. The molecule has 0 radical (unpaired) electrons. The Kier molecular flexibility index (Phi) is 50.4. The van der Waals surface area contributed by atoms with Crippen LogP contribution in [0, 0.1) is 0 Å². The molecule has 0 saturated heterocycles. The van der Waals surface area contributed by atoms with Crippen molar-refractivity contribution in [2.24, 2.45) is 0 Å². The van der Waals surface area contributed by atoms with Crippen LogP contribution in [0.3, 0.4) is 0 Å². The van der Waals surface area contributed by atoms with Crippen LogP contribution in [0.25, 0.3) is 0 Å². The number of carbonyl (C=O) groups excluding carboxylic acids is 3. The monoisotopic (exact) mass is 895 g/mol. The maximum atomic E-state index is 12.8. The second-order valence-corrected chi connectivity index (χ2v) is 18.1. The number of unbranched alkanes of at least 4 members (excludes halogenated alkanes) is 28. The molecule has 0 aromatic heterocycles. The van der Waals surface area contributed by atoms with Crippen LogP contribution in [0.4, 0.5) is 0 Å². The van der Waals surface area contributed by atoms with Gasteiger partial charge < -0.3 is 14.2 Å². The van der Waals surface area contributed by atoms with Crippen LogP contribution in [-0.4, -0.2) is 37.2 Å². The van der Waals surface area contributed by atoms with Crippen molar-refractivity contribution in [1.29, 1.82) is 0 Å². The first kappa shape index (κ1) is 61.1. The number of hydrogen-bond donors (Lipinski definition) is 0. The molecule has 0 bridgehead atoms. The van der Waals surface area contributed by atoms with Gasteiger partial charge in [-0.3, -0.25) is 14.4 Å². The van der Waals surface area contributed by atoms with Gasteiger partial charge in [0.25, 0.3) is 0 Å². The molecule has 0 amide bonds. The van der Waals surface area contributed by atoms with Crippen LogP contribution >= 0.6 is 0 Å². The average molecular weight is 895 g/mol. The summed E-state index contributed by atoms with van der Waals surface area (Å²) in [5.74, 6) is -0.908. The summed E-state index contributed by atoms with van der Waals surface area (Å²) in [4.78, 5) is 38.0. The zero-order chi connectivity index (χ0) is 46.5. The van der Waals surface area contributed by atoms with Gasteiger partial charge in [0.2, 0.25) is 0 Å². The summed E-state index contributed by atoms with van der Waals surface area (Å²) in [5, 5.41) is 0. The number of esters is 3. The lowest BCUT2D eigenvalue weighted by atomic mass is 10.1. The van der Waals surface area contributed by atoms with E-state index in [-0.39, 0.29) is 31.1 Å². The Hall–Kier alpha value is -2.89. The van der Waals surface area contributed by atoms with Crippen molar-refractivity contribution in [3.8, 4) is 0 Å². The Morgan fingerprint density at radius 1 is 0.312 bits per heavy atom. The van der Waals surface area contributed by atoms with E-state index in [1.165, 1.54) is 128 Å². The van der Waals surface area contributed by atoms with Crippen LogP contribution in [0.15, 0.2) is 60.8 Å². The minimum atomic E-state index is -0.785. The summed E-state index contributed by atoms with van der Waals surface area (Å²) in [6, 6.07) is 0. The van der Waals surface area contributed by atoms with Crippen molar-refractivity contribution in [3.63, 3.8) is 0 Å². The van der Waals surface area contributed by atoms with E-state index in [0.29, 0.717) is 19.3 Å². The fraction of sp³-hybridized carbons (Fsp3) is 0.776. The molecule has 0 rings (SSSR count). The molecular formula is C58H102O6. The zero-order valence-corrected chi connectivity index (χ0v) is 42.3. The Labute approximate surface area is 396 Å². The van der Waals surface area contributed by atoms with Crippen molar-refractivity contribution in [1.82, 2.24) is 0 Å². The minimum absolute atomic E-state index is 0.0845. The van der Waals surface area contributed by atoms with Crippen molar-refractivity contribution in [2.75, 3.05) is 13.2 Å². The van der Waals surface area contributed by atoms with E-state index in [0.717, 1.165) is 103 Å². The minimum Gasteiger partial charge on any atom is -0.462 e. The summed E-state index contributed by atoms with van der Waals surface area (Å²) in [5.41, 5.74) is 0. The lowest BCUT2D eigenvalue weighted by Crippen LogP contribution is -2.30. The fourth-order valence-corrected chi connectivity index (χ4v) is 7.56. The topological polar surface area (TPSA) is 78.9 Å². The first-order chi connectivity index (χ1) is 31.5. The molecule has 0 fully saturated rings. The summed E-state index contributed by atoms with van der Waals surface area (Å²) in [7, 11) is 0. The number of allylic oxidation sites excluding steroid dienone is 10. The van der Waals surface area contributed by atoms with Gasteiger partial charge in [0.15, 0.2) is 6.10 Å². The molecule has 6 heteroatoms. The lowest BCUT2D eigenvalue weighted by Gasteiger charge is -2.18. The van der Waals surface area contributed by atoms with Gasteiger partial charge in [-0.2, -0.15) is 0 Å². The van der Waals surface area contributed by atoms with Crippen LogP contribution < -0.4 is 0 Å². The SMILES string of the molecule is CCC/C=C\CCCCCCCC(=O)OCC(COC(=O)CCCCCCCCCCC/C=C\C/C=C\CCCCCCC)OC(=O)CCCCCCC/C=C\C/C=C\CCCCC. The molecule has 6 nitrogen and oxygen atoms in total. The van der Waals surface area contributed by atoms with Gasteiger partial charge in [0, 0.05) is 19.3 Å². The third-order valence-corrected chi connectivity index (χ3v) is 11.7. The predicted octanol–water partition coefficient (Wildman–Crippen LogP) is 18.0. The molecule has 0 spiro atoms. The van der Waals surface area contributed by atoms with Crippen molar-refractivity contribution in [3.05, 3.63) is 60.8 Å². The Balaban J connectivity index is 4.32. The van der Waals surface area contributed by atoms with E-state index in [9.17, 15) is 14.4 Å². The Morgan fingerprint density at radius 2 is 0.594 bits per heavy atom. The summed E-state index contributed by atoms with van der Waals surface area (Å²) >= 11 is 0. The van der Waals surface area contributed by atoms with Crippen molar-refractivity contribution >= 4 is 17.9 Å². The summed E-state index contributed by atoms with van der Waals surface area (Å²) in [6.07, 6.45) is 65.0. The maximum Gasteiger partial charge on any atom is 0.306 e. The van der Waals surface area contributed by atoms with Crippen LogP contribution in [0.5, 0.6) is 0 Å². The lowest BCUT2D eigenvalue weighted by molar-refractivity contribution is -0.167. The number of ether oxygens (including phenoxy) is 3. The van der Waals surface area contributed by atoms with Gasteiger partial charge in [0.05, 0.1) is 0 Å². The third kappa shape index (κ3) is 50.1. The van der Waals surface area contributed by atoms with E-state index < -0.39 is 6.10 Å². The Morgan fingerprint density at radius 3 is 0.969 bits per heavy atom. The smallest absolute Gasteiger partial charge is 0.306 e. The van der Waals surface area contributed by atoms with Crippen molar-refractivity contribution < 1.29 is 28.6 Å². The molecule has 0 aliphatic carbocycles. The van der Waals surface area contributed by atoms with E-state index in [1.54, 1.807) is 0 Å². The van der Waals surface area contributed by atoms with Crippen LogP contribution in [0.1, 0.15) is 271 Å². The van der Waals surface area contributed by atoms with E-state index >= 15 is 0 Å². The largest absolute Gasteiger partial charge is 0.462 e. The quantitative estimate of drug-likeness (QED) is 0.0262. The highest BCUT2D eigenvalue weighted by atomic mass is 16.6. The number of hydrogen-bond acceptors (Lipinski definition) is 6. The average Bonchev–Trinajstić information content (AvgIpc) is 3.29. The van der Waals surface area contributed by atoms with E-state index in [2.05, 4.69) is 81.5 Å². The van der Waals surface area contributed by atoms with Gasteiger partial charge in [-0.15, -0.1) is 0 Å². The number of rotatable bonds is 49. The first-order valence-electron chi connectivity index (χ1n) is 27.3. The van der Waals surface area contributed by atoms with Crippen LogP contribution in [0.2, 0.25) is 0 Å². The van der Waals surface area contributed by atoms with Gasteiger partial charge >= 0.3 is 17.9 Å². The third-order valence-electron chi connectivity index (χ3n) is 11.7. The summed E-state index contributed by atoms with van der Waals surface area (Å²) in [6.45, 7) is 6.53. The second kappa shape index (κ2) is 52.7. The van der Waals surface area contributed by atoms with Gasteiger partial charge in [0.1, 0.15) is 13.2 Å². The van der Waals surface area contributed by atoms with Gasteiger partial charge in [-0.25, -0.2) is 0 Å². The van der Waals surface area contributed by atoms with E-state index in [1.807, 2.05) is 0 Å². The molecule has 1 unspecified atom stereocenters. The Bertz CT molecular complexity index is 1170. The molecule has 0 saturated carbocycles. The van der Waals surface area contributed by atoms with Gasteiger partial charge in [-0.1, -0.05) is 210 Å². The fourth-order valence-electron chi connectivity index (χ4n) is 7.56. The summed E-state index contributed by atoms with van der Waals surface area (Å²) < 4.78 is 16.8. The van der Waals surface area contributed by atoms with Crippen molar-refractivity contribution in [2.45, 2.75) is 277 Å². The standard InChI is InChI=1S/C58H102O6/c1-4-7-10-13-16-19-22-24-26-27-28-29-30-31-33-34-36-39-42-45-48-51-57(60)63-54-55(53-62-56(59)50-47-44-41-38-21-18-15-12-9-6-3)64-58(61)52-49-46-43-40-37-35-32-25-23-20-17-14-11-8-5-2/h12,15,17,20,22,24-25,27-28,32,55H,4-11,13-14,16,18-19,21,23,26,29-31,33-54H2,1-3H3/b15-12-,20-17-,24-22-,28-27-,32-25-. The molecule has 0 aromatic carbocycles.